The molecule has 5 heteroatoms. The normalized spacial score (nSPS) is 10.7. The third kappa shape index (κ3) is 2.58. The van der Waals surface area contributed by atoms with Crippen LogP contribution in [0, 0.1) is 6.92 Å². The number of ether oxygens (including phenoxy) is 1. The highest BCUT2D eigenvalue weighted by atomic mass is 16.5. The largest absolute Gasteiger partial charge is 0.484 e. The molecule has 0 aliphatic carbocycles. The highest BCUT2D eigenvalue weighted by Crippen LogP contribution is 2.26. The molecule has 1 aromatic carbocycles. The SMILES string of the molecule is Cc1ccc(OCc2oc3ccccc3c2C(=O)O)cn1. The molecule has 0 fully saturated rings. The number of carboxylic acids is 1. The molecular weight excluding hydrogens is 270 g/mol. The van der Waals surface area contributed by atoms with Crippen molar-refractivity contribution in [1.29, 1.82) is 0 Å². The average molecular weight is 283 g/mol. The first-order chi connectivity index (χ1) is 10.1. The fraction of sp³-hybridized carbons (Fsp3) is 0.125. The quantitative estimate of drug-likeness (QED) is 0.794. The number of aromatic carboxylic acids is 1. The maximum atomic E-state index is 11.4. The second kappa shape index (κ2) is 5.28. The van der Waals surface area contributed by atoms with Gasteiger partial charge in [0.05, 0.1) is 6.20 Å². The van der Waals surface area contributed by atoms with Crippen molar-refractivity contribution in [2.24, 2.45) is 0 Å². The molecule has 0 amide bonds. The molecule has 3 rings (SSSR count). The van der Waals surface area contributed by atoms with Gasteiger partial charge in [-0.1, -0.05) is 18.2 Å². The molecule has 2 aromatic heterocycles. The summed E-state index contributed by atoms with van der Waals surface area (Å²) in [6.45, 7) is 1.92. The maximum Gasteiger partial charge on any atom is 0.340 e. The molecule has 0 radical (unpaired) electrons. The predicted molar refractivity (Wildman–Crippen MR) is 76.5 cm³/mol. The Morgan fingerprint density at radius 1 is 1.29 bits per heavy atom. The zero-order valence-corrected chi connectivity index (χ0v) is 11.4. The van der Waals surface area contributed by atoms with Gasteiger partial charge in [-0.25, -0.2) is 4.79 Å². The van der Waals surface area contributed by atoms with Crippen molar-refractivity contribution in [3.63, 3.8) is 0 Å². The molecule has 1 N–H and O–H groups in total. The summed E-state index contributed by atoms with van der Waals surface area (Å²) >= 11 is 0. The second-order valence-electron chi connectivity index (χ2n) is 4.63. The number of hydrogen-bond donors (Lipinski definition) is 1. The first-order valence-electron chi connectivity index (χ1n) is 6.44. The van der Waals surface area contributed by atoms with Gasteiger partial charge >= 0.3 is 5.97 Å². The van der Waals surface area contributed by atoms with E-state index < -0.39 is 5.97 Å². The Morgan fingerprint density at radius 3 is 2.81 bits per heavy atom. The molecule has 0 saturated heterocycles. The van der Waals surface area contributed by atoms with Crippen molar-refractivity contribution < 1.29 is 19.1 Å². The van der Waals surface area contributed by atoms with Crippen LogP contribution in [0.4, 0.5) is 0 Å². The lowest BCUT2D eigenvalue weighted by Gasteiger charge is -2.04. The van der Waals surface area contributed by atoms with Gasteiger partial charge in [0.2, 0.25) is 0 Å². The number of rotatable bonds is 4. The Morgan fingerprint density at radius 2 is 2.10 bits per heavy atom. The number of furan rings is 1. The van der Waals surface area contributed by atoms with Gasteiger partial charge in [-0.15, -0.1) is 0 Å². The number of para-hydroxylation sites is 1. The molecule has 0 spiro atoms. The highest BCUT2D eigenvalue weighted by Gasteiger charge is 2.20. The van der Waals surface area contributed by atoms with Crippen LogP contribution < -0.4 is 4.74 Å². The second-order valence-corrected chi connectivity index (χ2v) is 4.63. The fourth-order valence-corrected chi connectivity index (χ4v) is 2.12. The Kier molecular flexibility index (Phi) is 3.31. The molecule has 0 aliphatic rings. The van der Waals surface area contributed by atoms with E-state index in [-0.39, 0.29) is 12.2 Å². The first kappa shape index (κ1) is 13.2. The van der Waals surface area contributed by atoms with E-state index in [9.17, 15) is 9.90 Å². The van der Waals surface area contributed by atoms with Crippen molar-refractivity contribution in [3.05, 3.63) is 59.6 Å². The van der Waals surface area contributed by atoms with Crippen LogP contribution in [-0.4, -0.2) is 16.1 Å². The van der Waals surface area contributed by atoms with Gasteiger partial charge in [-0.05, 0) is 25.1 Å². The van der Waals surface area contributed by atoms with E-state index in [4.69, 9.17) is 9.15 Å². The minimum atomic E-state index is -1.03. The van der Waals surface area contributed by atoms with E-state index in [1.54, 1.807) is 36.5 Å². The van der Waals surface area contributed by atoms with Crippen LogP contribution in [0.25, 0.3) is 11.0 Å². The molecule has 0 saturated carbocycles. The number of carboxylic acid groups (broad SMARTS) is 1. The zero-order valence-electron chi connectivity index (χ0n) is 11.4. The Hall–Kier alpha value is -2.82. The van der Waals surface area contributed by atoms with Crippen LogP contribution in [0.3, 0.4) is 0 Å². The van der Waals surface area contributed by atoms with Crippen molar-refractivity contribution in [1.82, 2.24) is 4.98 Å². The van der Waals surface area contributed by atoms with Crippen molar-refractivity contribution in [3.8, 4) is 5.75 Å². The fourth-order valence-electron chi connectivity index (χ4n) is 2.12. The molecule has 5 nitrogen and oxygen atoms in total. The van der Waals surface area contributed by atoms with E-state index >= 15 is 0 Å². The van der Waals surface area contributed by atoms with Crippen molar-refractivity contribution in [2.45, 2.75) is 13.5 Å². The zero-order chi connectivity index (χ0) is 14.8. The van der Waals surface area contributed by atoms with E-state index in [0.29, 0.717) is 22.5 Å². The van der Waals surface area contributed by atoms with E-state index in [1.165, 1.54) is 0 Å². The predicted octanol–water partition coefficient (Wildman–Crippen LogP) is 3.41. The van der Waals surface area contributed by atoms with Gasteiger partial charge in [-0.3, -0.25) is 4.98 Å². The highest BCUT2D eigenvalue weighted by molar-refractivity contribution is 6.03. The van der Waals surface area contributed by atoms with Gasteiger partial charge in [0.15, 0.2) is 5.76 Å². The molecule has 106 valence electrons. The van der Waals surface area contributed by atoms with Crippen molar-refractivity contribution >= 4 is 16.9 Å². The summed E-state index contributed by atoms with van der Waals surface area (Å²) in [6, 6.07) is 10.6. The molecule has 3 aromatic rings. The Bertz CT molecular complexity index is 790. The minimum Gasteiger partial charge on any atom is -0.484 e. The number of carbonyl (C=O) groups is 1. The lowest BCUT2D eigenvalue weighted by Crippen LogP contribution is -2.03. The van der Waals surface area contributed by atoms with E-state index in [2.05, 4.69) is 4.98 Å². The standard InChI is InChI=1S/C16H13NO4/c1-10-6-7-11(8-17-10)20-9-14-15(16(18)19)12-4-2-3-5-13(12)21-14/h2-8H,9H2,1H3,(H,18,19). The topological polar surface area (TPSA) is 72.6 Å². The van der Waals surface area contributed by atoms with Gasteiger partial charge in [0.25, 0.3) is 0 Å². The lowest BCUT2D eigenvalue weighted by molar-refractivity contribution is 0.0693. The molecular formula is C16H13NO4. The van der Waals surface area contributed by atoms with Gasteiger partial charge < -0.3 is 14.3 Å². The van der Waals surface area contributed by atoms with Gasteiger partial charge in [0.1, 0.15) is 23.5 Å². The summed E-state index contributed by atoms with van der Waals surface area (Å²) in [7, 11) is 0. The Balaban J connectivity index is 1.91. The number of benzene rings is 1. The first-order valence-corrected chi connectivity index (χ1v) is 6.44. The minimum absolute atomic E-state index is 0.0427. The summed E-state index contributed by atoms with van der Waals surface area (Å²) in [4.78, 5) is 15.5. The molecule has 0 unspecified atom stereocenters. The van der Waals surface area contributed by atoms with Crippen LogP contribution in [0.1, 0.15) is 21.8 Å². The summed E-state index contributed by atoms with van der Waals surface area (Å²) in [5.41, 5.74) is 1.57. The van der Waals surface area contributed by atoms with E-state index in [1.807, 2.05) is 13.0 Å². The number of hydrogen-bond acceptors (Lipinski definition) is 4. The number of pyridine rings is 1. The lowest BCUT2D eigenvalue weighted by atomic mass is 10.1. The van der Waals surface area contributed by atoms with Crippen LogP contribution in [0.2, 0.25) is 0 Å². The molecule has 0 aliphatic heterocycles. The summed E-state index contributed by atoms with van der Waals surface area (Å²) < 4.78 is 11.1. The number of nitrogens with zero attached hydrogens (tertiary/aromatic N) is 1. The van der Waals surface area contributed by atoms with Gasteiger partial charge in [0, 0.05) is 11.1 Å². The van der Waals surface area contributed by atoms with Crippen LogP contribution in [0.15, 0.2) is 47.0 Å². The molecule has 0 atom stereocenters. The maximum absolute atomic E-state index is 11.4. The summed E-state index contributed by atoms with van der Waals surface area (Å²) in [5.74, 6) is -0.165. The average Bonchev–Trinajstić information content (AvgIpc) is 2.85. The molecule has 0 bridgehead atoms. The third-order valence-electron chi connectivity index (χ3n) is 3.14. The molecule has 2 heterocycles. The Labute approximate surface area is 120 Å². The van der Waals surface area contributed by atoms with Crippen LogP contribution >= 0.6 is 0 Å². The number of fused-ring (bicyclic) bond motifs is 1. The number of aryl methyl sites for hydroxylation is 1. The van der Waals surface area contributed by atoms with Crippen LogP contribution in [0.5, 0.6) is 5.75 Å². The summed E-state index contributed by atoms with van der Waals surface area (Å²) in [5, 5.41) is 9.93. The number of aromatic nitrogens is 1. The smallest absolute Gasteiger partial charge is 0.340 e. The third-order valence-corrected chi connectivity index (χ3v) is 3.14. The van der Waals surface area contributed by atoms with Crippen LogP contribution in [-0.2, 0) is 6.61 Å². The van der Waals surface area contributed by atoms with Crippen molar-refractivity contribution in [2.75, 3.05) is 0 Å². The summed E-state index contributed by atoms with van der Waals surface area (Å²) in [6.07, 6.45) is 1.60. The van der Waals surface area contributed by atoms with E-state index in [0.717, 1.165) is 5.69 Å². The molecule has 21 heavy (non-hydrogen) atoms. The van der Waals surface area contributed by atoms with Gasteiger partial charge in [-0.2, -0.15) is 0 Å². The monoisotopic (exact) mass is 283 g/mol.